The summed E-state index contributed by atoms with van der Waals surface area (Å²) in [6.45, 7) is 0.926. The predicted octanol–water partition coefficient (Wildman–Crippen LogP) is 0.743. The molecule has 0 unspecified atom stereocenters. The van der Waals surface area contributed by atoms with E-state index < -0.39 is 0 Å². The molecule has 1 aromatic rings. The van der Waals surface area contributed by atoms with Crippen molar-refractivity contribution in [3.63, 3.8) is 0 Å². The van der Waals surface area contributed by atoms with Gasteiger partial charge in [-0.05, 0) is 17.7 Å². The molecule has 0 heterocycles. The van der Waals surface area contributed by atoms with Crippen molar-refractivity contribution in [2.45, 2.75) is 6.42 Å². The number of ether oxygens (including phenoxy) is 1. The van der Waals surface area contributed by atoms with Crippen molar-refractivity contribution in [1.29, 1.82) is 0 Å². The van der Waals surface area contributed by atoms with Gasteiger partial charge in [0.25, 0.3) is 0 Å². The van der Waals surface area contributed by atoms with Gasteiger partial charge in [-0.1, -0.05) is 12.1 Å². The Morgan fingerprint density at radius 1 is 1.21 bits per heavy atom. The monoisotopic (exact) mass is 265 g/mol. The van der Waals surface area contributed by atoms with Crippen molar-refractivity contribution >= 4 is 17.6 Å². The number of methoxy groups -OCH3 is 1. The molecule has 1 aromatic carbocycles. The summed E-state index contributed by atoms with van der Waals surface area (Å²) in [4.78, 5) is 22.6. The van der Waals surface area contributed by atoms with Gasteiger partial charge in [-0.3, -0.25) is 4.79 Å². The molecule has 3 N–H and O–H groups in total. The van der Waals surface area contributed by atoms with Crippen molar-refractivity contribution in [3.8, 4) is 0 Å². The molecule has 0 radical (unpaired) electrons. The van der Waals surface area contributed by atoms with Gasteiger partial charge in [-0.2, -0.15) is 0 Å². The first-order valence-electron chi connectivity index (χ1n) is 5.99. The zero-order chi connectivity index (χ0) is 14.1. The number of hydrogen-bond acceptors (Lipinski definition) is 3. The molecule has 0 aliphatic rings. The third-order valence-corrected chi connectivity index (χ3v) is 2.45. The second kappa shape index (κ2) is 8.10. The molecule has 0 aliphatic carbocycles. The second-order valence-corrected chi connectivity index (χ2v) is 3.92. The van der Waals surface area contributed by atoms with E-state index in [1.807, 2.05) is 0 Å². The smallest absolute Gasteiger partial charge is 0.319 e. The van der Waals surface area contributed by atoms with Crippen LogP contribution in [0.1, 0.15) is 5.56 Å². The molecule has 1 rings (SSSR count). The van der Waals surface area contributed by atoms with Crippen LogP contribution in [0.25, 0.3) is 0 Å². The Labute approximate surface area is 112 Å². The van der Waals surface area contributed by atoms with Gasteiger partial charge in [-0.15, -0.1) is 0 Å². The second-order valence-electron chi connectivity index (χ2n) is 3.92. The van der Waals surface area contributed by atoms with Gasteiger partial charge in [0.2, 0.25) is 5.91 Å². The highest BCUT2D eigenvalue weighted by Gasteiger charge is 2.03. The van der Waals surface area contributed by atoms with E-state index in [0.717, 1.165) is 5.56 Å². The number of rotatable bonds is 6. The van der Waals surface area contributed by atoms with Gasteiger partial charge >= 0.3 is 6.03 Å². The maximum Gasteiger partial charge on any atom is 0.319 e. The van der Waals surface area contributed by atoms with Crippen LogP contribution in [-0.4, -0.2) is 39.2 Å². The van der Waals surface area contributed by atoms with Crippen molar-refractivity contribution in [1.82, 2.24) is 10.6 Å². The Morgan fingerprint density at radius 3 is 2.47 bits per heavy atom. The third-order valence-electron chi connectivity index (χ3n) is 2.45. The lowest BCUT2D eigenvalue weighted by atomic mass is 10.1. The molecule has 0 spiro atoms. The van der Waals surface area contributed by atoms with Crippen molar-refractivity contribution in [2.24, 2.45) is 0 Å². The highest BCUT2D eigenvalue weighted by molar-refractivity contribution is 5.89. The molecule has 3 amide bonds. The molecule has 104 valence electrons. The summed E-state index contributed by atoms with van der Waals surface area (Å²) in [5, 5.41) is 7.90. The molecule has 0 aliphatic heterocycles. The van der Waals surface area contributed by atoms with Crippen LogP contribution in [0.3, 0.4) is 0 Å². The van der Waals surface area contributed by atoms with E-state index in [1.165, 1.54) is 0 Å². The lowest BCUT2D eigenvalue weighted by Crippen LogP contribution is -2.31. The molecule has 0 saturated heterocycles. The van der Waals surface area contributed by atoms with Crippen LogP contribution in [-0.2, 0) is 16.0 Å². The minimum atomic E-state index is -0.281. The first-order chi connectivity index (χ1) is 9.15. The molecule has 0 saturated carbocycles. The minimum absolute atomic E-state index is 0.0435. The van der Waals surface area contributed by atoms with Crippen LogP contribution < -0.4 is 16.0 Å². The topological polar surface area (TPSA) is 79.5 Å². The van der Waals surface area contributed by atoms with E-state index in [0.29, 0.717) is 25.3 Å². The minimum Gasteiger partial charge on any atom is -0.383 e. The number of nitrogens with one attached hydrogen (secondary N) is 3. The van der Waals surface area contributed by atoms with Crippen LogP contribution in [0, 0.1) is 0 Å². The van der Waals surface area contributed by atoms with Gasteiger partial charge < -0.3 is 20.7 Å². The number of urea groups is 1. The van der Waals surface area contributed by atoms with Crippen molar-refractivity contribution in [2.75, 3.05) is 32.6 Å². The third kappa shape index (κ3) is 5.87. The maximum absolute atomic E-state index is 11.5. The maximum atomic E-state index is 11.5. The molecule has 6 nitrogen and oxygen atoms in total. The summed E-state index contributed by atoms with van der Waals surface area (Å²) < 4.78 is 4.83. The lowest BCUT2D eigenvalue weighted by Gasteiger charge is -2.08. The normalized spacial score (nSPS) is 9.79. The van der Waals surface area contributed by atoms with Gasteiger partial charge in [0.05, 0.1) is 13.0 Å². The van der Waals surface area contributed by atoms with E-state index >= 15 is 0 Å². The van der Waals surface area contributed by atoms with Crippen molar-refractivity contribution < 1.29 is 14.3 Å². The fourth-order valence-corrected chi connectivity index (χ4v) is 1.42. The number of hydrogen-bond donors (Lipinski definition) is 3. The summed E-state index contributed by atoms with van der Waals surface area (Å²) >= 11 is 0. The summed E-state index contributed by atoms with van der Waals surface area (Å²) in [7, 11) is 3.17. The number of benzene rings is 1. The number of amides is 3. The molecule has 19 heavy (non-hydrogen) atoms. The van der Waals surface area contributed by atoms with Crippen LogP contribution in [0.4, 0.5) is 10.5 Å². The Hall–Kier alpha value is -2.08. The Bertz CT molecular complexity index is 418. The van der Waals surface area contributed by atoms with Gasteiger partial charge in [-0.25, -0.2) is 4.79 Å². The SMILES string of the molecule is CNC(=O)Cc1ccc(NC(=O)NCCOC)cc1. The Morgan fingerprint density at radius 2 is 1.89 bits per heavy atom. The number of anilines is 1. The summed E-state index contributed by atoms with van der Waals surface area (Å²) in [5.74, 6) is -0.0435. The van der Waals surface area contributed by atoms with Crippen LogP contribution in [0.15, 0.2) is 24.3 Å². The average molecular weight is 265 g/mol. The van der Waals surface area contributed by atoms with Gasteiger partial charge in [0.1, 0.15) is 0 Å². The largest absolute Gasteiger partial charge is 0.383 e. The zero-order valence-electron chi connectivity index (χ0n) is 11.2. The summed E-state index contributed by atoms with van der Waals surface area (Å²) in [6, 6.07) is 6.85. The number of carbonyl (C=O) groups is 2. The summed E-state index contributed by atoms with van der Waals surface area (Å²) in [5.41, 5.74) is 1.57. The summed E-state index contributed by atoms with van der Waals surface area (Å²) in [6.07, 6.45) is 0.330. The highest BCUT2D eigenvalue weighted by Crippen LogP contribution is 2.09. The molecular formula is C13H19N3O3. The molecule has 0 fully saturated rings. The standard InChI is InChI=1S/C13H19N3O3/c1-14-12(17)9-10-3-5-11(6-4-10)16-13(18)15-7-8-19-2/h3-6H,7-9H2,1-2H3,(H,14,17)(H2,15,16,18). The first kappa shape index (κ1) is 15.0. The zero-order valence-corrected chi connectivity index (χ0v) is 11.2. The first-order valence-corrected chi connectivity index (χ1v) is 5.99. The highest BCUT2D eigenvalue weighted by atomic mass is 16.5. The van der Waals surface area contributed by atoms with E-state index in [2.05, 4.69) is 16.0 Å². The molecule has 0 aromatic heterocycles. The van der Waals surface area contributed by atoms with E-state index in [1.54, 1.807) is 38.4 Å². The van der Waals surface area contributed by atoms with Gasteiger partial charge in [0, 0.05) is 26.4 Å². The molecule has 0 bridgehead atoms. The quantitative estimate of drug-likeness (QED) is 0.664. The van der Waals surface area contributed by atoms with E-state index in [4.69, 9.17) is 4.74 Å². The van der Waals surface area contributed by atoms with E-state index in [-0.39, 0.29) is 11.9 Å². The molecule has 0 atom stereocenters. The molecular weight excluding hydrogens is 246 g/mol. The van der Waals surface area contributed by atoms with Crippen LogP contribution >= 0.6 is 0 Å². The fourth-order valence-electron chi connectivity index (χ4n) is 1.42. The molecule has 6 heteroatoms. The van der Waals surface area contributed by atoms with Crippen LogP contribution in [0.2, 0.25) is 0 Å². The van der Waals surface area contributed by atoms with Gasteiger partial charge in [0.15, 0.2) is 0 Å². The van der Waals surface area contributed by atoms with Crippen molar-refractivity contribution in [3.05, 3.63) is 29.8 Å². The predicted molar refractivity (Wildman–Crippen MR) is 73.1 cm³/mol. The van der Waals surface area contributed by atoms with E-state index in [9.17, 15) is 9.59 Å². The Balaban J connectivity index is 2.43. The number of likely N-dealkylation sites (N-methyl/N-ethyl adjacent to an activating group) is 1. The average Bonchev–Trinajstić information content (AvgIpc) is 2.41. The lowest BCUT2D eigenvalue weighted by molar-refractivity contribution is -0.119. The fraction of sp³-hybridized carbons (Fsp3) is 0.385. The number of carbonyl (C=O) groups excluding carboxylic acids is 2. The Kier molecular flexibility index (Phi) is 6.38. The van der Waals surface area contributed by atoms with Crippen LogP contribution in [0.5, 0.6) is 0 Å².